The number of piperazine rings is 1. The number of amides is 2. The Hall–Kier alpha value is -0.770. The first-order valence-corrected chi connectivity index (χ1v) is 7.47. The van der Waals surface area contributed by atoms with Crippen LogP contribution in [0.1, 0.15) is 40.0 Å². The second kappa shape index (κ2) is 5.91. The summed E-state index contributed by atoms with van der Waals surface area (Å²) >= 11 is 0. The molecular weight excluding hydrogens is 226 g/mol. The largest absolute Gasteiger partial charge is 0.325 e. The van der Waals surface area contributed by atoms with Crippen molar-refractivity contribution in [2.24, 2.45) is 0 Å². The number of hydrogen-bond acceptors (Lipinski definition) is 2. The van der Waals surface area contributed by atoms with Crippen molar-refractivity contribution in [1.82, 2.24) is 14.7 Å². The van der Waals surface area contributed by atoms with Gasteiger partial charge in [0.15, 0.2) is 0 Å². The van der Waals surface area contributed by atoms with Crippen LogP contribution in [0.4, 0.5) is 4.79 Å². The second-order valence-electron chi connectivity index (χ2n) is 5.60. The maximum absolute atomic E-state index is 12.5. The van der Waals surface area contributed by atoms with Gasteiger partial charge in [-0.3, -0.25) is 4.90 Å². The molecule has 0 radical (unpaired) electrons. The van der Waals surface area contributed by atoms with Gasteiger partial charge in [-0.25, -0.2) is 4.79 Å². The van der Waals surface area contributed by atoms with Gasteiger partial charge in [0, 0.05) is 38.3 Å². The van der Waals surface area contributed by atoms with E-state index in [-0.39, 0.29) is 6.03 Å². The average Bonchev–Trinajstić information content (AvgIpc) is 2.39. The number of carbonyl (C=O) groups excluding carboxylic acids is 1. The number of rotatable bonds is 2. The summed E-state index contributed by atoms with van der Waals surface area (Å²) in [4.78, 5) is 19.1. The van der Waals surface area contributed by atoms with Gasteiger partial charge in [-0.1, -0.05) is 6.42 Å². The fourth-order valence-electron chi connectivity index (χ4n) is 3.29. The van der Waals surface area contributed by atoms with Crippen LogP contribution in [-0.4, -0.2) is 65.5 Å². The molecule has 2 unspecified atom stereocenters. The molecule has 2 fully saturated rings. The Morgan fingerprint density at radius 1 is 1.22 bits per heavy atom. The molecule has 2 atom stereocenters. The van der Waals surface area contributed by atoms with Crippen LogP contribution in [-0.2, 0) is 0 Å². The van der Waals surface area contributed by atoms with E-state index in [1.165, 1.54) is 25.8 Å². The monoisotopic (exact) mass is 253 g/mol. The lowest BCUT2D eigenvalue weighted by Gasteiger charge is -2.48. The van der Waals surface area contributed by atoms with Gasteiger partial charge in [0.1, 0.15) is 0 Å². The number of fused-ring (bicyclic) bond motifs is 1. The Kier molecular flexibility index (Phi) is 4.49. The van der Waals surface area contributed by atoms with Gasteiger partial charge in [-0.2, -0.15) is 0 Å². The molecule has 18 heavy (non-hydrogen) atoms. The van der Waals surface area contributed by atoms with Gasteiger partial charge in [0.05, 0.1) is 0 Å². The Balaban J connectivity index is 2.02. The predicted octanol–water partition coefficient (Wildman–Crippen LogP) is 2.01. The normalized spacial score (nSPS) is 28.9. The van der Waals surface area contributed by atoms with Crippen molar-refractivity contribution >= 4 is 6.03 Å². The number of carbonyl (C=O) groups is 1. The Bertz CT molecular complexity index is 291. The second-order valence-corrected chi connectivity index (χ2v) is 5.60. The third-order valence-electron chi connectivity index (χ3n) is 4.47. The number of nitrogens with zero attached hydrogens (tertiary/aromatic N) is 3. The SMILES string of the molecule is CCN(CC)C(=O)N1CC2CCCCN2CC1C. The third kappa shape index (κ3) is 2.63. The van der Waals surface area contributed by atoms with E-state index < -0.39 is 0 Å². The highest BCUT2D eigenvalue weighted by atomic mass is 16.2. The fourth-order valence-corrected chi connectivity index (χ4v) is 3.29. The van der Waals surface area contributed by atoms with Crippen molar-refractivity contribution in [1.29, 1.82) is 0 Å². The van der Waals surface area contributed by atoms with E-state index in [0.717, 1.165) is 26.2 Å². The van der Waals surface area contributed by atoms with Crippen molar-refractivity contribution < 1.29 is 4.79 Å². The van der Waals surface area contributed by atoms with Gasteiger partial charge in [0.25, 0.3) is 0 Å². The first-order valence-electron chi connectivity index (χ1n) is 7.47. The van der Waals surface area contributed by atoms with Gasteiger partial charge in [-0.05, 0) is 40.2 Å². The van der Waals surface area contributed by atoms with Crippen molar-refractivity contribution in [2.45, 2.75) is 52.1 Å². The topological polar surface area (TPSA) is 26.8 Å². The minimum Gasteiger partial charge on any atom is -0.325 e. The van der Waals surface area contributed by atoms with Crippen molar-refractivity contribution in [3.05, 3.63) is 0 Å². The number of piperidine rings is 1. The lowest BCUT2D eigenvalue weighted by Crippen LogP contribution is -2.62. The summed E-state index contributed by atoms with van der Waals surface area (Å²) in [5.74, 6) is 0. The van der Waals surface area contributed by atoms with Crippen LogP contribution in [0.3, 0.4) is 0 Å². The minimum absolute atomic E-state index is 0.234. The molecule has 0 aromatic rings. The van der Waals surface area contributed by atoms with Crippen molar-refractivity contribution in [3.63, 3.8) is 0 Å². The molecule has 0 aromatic heterocycles. The van der Waals surface area contributed by atoms with Crippen LogP contribution in [0.15, 0.2) is 0 Å². The Labute approximate surface area is 111 Å². The Morgan fingerprint density at radius 2 is 1.94 bits per heavy atom. The molecule has 0 spiro atoms. The summed E-state index contributed by atoms with van der Waals surface area (Å²) in [5, 5.41) is 0. The molecule has 2 heterocycles. The number of urea groups is 1. The highest BCUT2D eigenvalue weighted by Crippen LogP contribution is 2.24. The molecule has 2 amide bonds. The average molecular weight is 253 g/mol. The van der Waals surface area contributed by atoms with Gasteiger partial charge < -0.3 is 9.80 Å². The fraction of sp³-hybridized carbons (Fsp3) is 0.929. The molecule has 0 aliphatic carbocycles. The van der Waals surface area contributed by atoms with Crippen molar-refractivity contribution in [2.75, 3.05) is 32.7 Å². The zero-order valence-corrected chi connectivity index (χ0v) is 12.1. The maximum atomic E-state index is 12.5. The van der Waals surface area contributed by atoms with E-state index in [1.807, 2.05) is 4.90 Å². The summed E-state index contributed by atoms with van der Waals surface area (Å²) in [6.07, 6.45) is 3.91. The molecule has 2 saturated heterocycles. The standard InChI is InChI=1S/C14H27N3O/c1-4-15(5-2)14(18)17-11-13-8-6-7-9-16(13)10-12(17)3/h12-13H,4-11H2,1-3H3. The molecule has 104 valence electrons. The van der Waals surface area contributed by atoms with Crippen molar-refractivity contribution in [3.8, 4) is 0 Å². The first kappa shape index (κ1) is 13.7. The van der Waals surface area contributed by atoms with Crippen LogP contribution >= 0.6 is 0 Å². The highest BCUT2D eigenvalue weighted by molar-refractivity contribution is 5.75. The predicted molar refractivity (Wildman–Crippen MR) is 73.7 cm³/mol. The van der Waals surface area contributed by atoms with Crippen LogP contribution < -0.4 is 0 Å². The maximum Gasteiger partial charge on any atom is 0.320 e. The van der Waals surface area contributed by atoms with Gasteiger partial charge >= 0.3 is 6.03 Å². The summed E-state index contributed by atoms with van der Waals surface area (Å²) < 4.78 is 0. The molecular formula is C14H27N3O. The molecule has 4 heteroatoms. The summed E-state index contributed by atoms with van der Waals surface area (Å²) in [5.41, 5.74) is 0. The molecule has 4 nitrogen and oxygen atoms in total. The molecule has 2 aliphatic rings. The smallest absolute Gasteiger partial charge is 0.320 e. The number of hydrogen-bond donors (Lipinski definition) is 0. The third-order valence-corrected chi connectivity index (χ3v) is 4.47. The van der Waals surface area contributed by atoms with E-state index in [9.17, 15) is 4.79 Å². The van der Waals surface area contributed by atoms with Crippen LogP contribution in [0.2, 0.25) is 0 Å². The van der Waals surface area contributed by atoms with Gasteiger partial charge in [0.2, 0.25) is 0 Å². The minimum atomic E-state index is 0.234. The molecule has 2 rings (SSSR count). The van der Waals surface area contributed by atoms with Crippen LogP contribution in [0, 0.1) is 0 Å². The summed E-state index contributed by atoms with van der Waals surface area (Å²) in [7, 11) is 0. The van der Waals surface area contributed by atoms with E-state index >= 15 is 0 Å². The molecule has 0 N–H and O–H groups in total. The molecule has 0 bridgehead atoms. The lowest BCUT2D eigenvalue weighted by molar-refractivity contribution is 0.0254. The van der Waals surface area contributed by atoms with Crippen LogP contribution in [0.5, 0.6) is 0 Å². The van der Waals surface area contributed by atoms with E-state index in [0.29, 0.717) is 12.1 Å². The molecule has 0 aromatic carbocycles. The zero-order valence-electron chi connectivity index (χ0n) is 12.1. The van der Waals surface area contributed by atoms with E-state index in [4.69, 9.17) is 0 Å². The quantitative estimate of drug-likeness (QED) is 0.752. The highest BCUT2D eigenvalue weighted by Gasteiger charge is 2.36. The first-order chi connectivity index (χ1) is 8.67. The summed E-state index contributed by atoms with van der Waals surface area (Å²) in [6.45, 7) is 11.1. The molecule has 0 saturated carbocycles. The lowest BCUT2D eigenvalue weighted by atomic mass is 9.97. The summed E-state index contributed by atoms with van der Waals surface area (Å²) in [6, 6.07) is 1.19. The van der Waals surface area contributed by atoms with E-state index in [2.05, 4.69) is 30.6 Å². The Morgan fingerprint density at radius 3 is 2.61 bits per heavy atom. The molecule has 2 aliphatic heterocycles. The van der Waals surface area contributed by atoms with Gasteiger partial charge in [-0.15, -0.1) is 0 Å². The van der Waals surface area contributed by atoms with E-state index in [1.54, 1.807) is 0 Å². The zero-order chi connectivity index (χ0) is 13.1. The van der Waals surface area contributed by atoms with Crippen LogP contribution in [0.25, 0.3) is 0 Å².